The van der Waals surface area contributed by atoms with Crippen LogP contribution in [0.25, 0.3) is 0 Å². The van der Waals surface area contributed by atoms with Crippen molar-refractivity contribution in [2.75, 3.05) is 6.54 Å². The Kier molecular flexibility index (Phi) is 2.93. The van der Waals surface area contributed by atoms with Gasteiger partial charge in [-0.1, -0.05) is 13.3 Å². The first-order chi connectivity index (χ1) is 7.24. The zero-order valence-corrected chi connectivity index (χ0v) is 9.16. The van der Waals surface area contributed by atoms with Gasteiger partial charge < -0.3 is 5.32 Å². The van der Waals surface area contributed by atoms with Crippen molar-refractivity contribution in [2.24, 2.45) is 5.92 Å². The Hall–Kier alpha value is -1.06. The van der Waals surface area contributed by atoms with Gasteiger partial charge in [0.15, 0.2) is 0 Å². The minimum Gasteiger partial charge on any atom is -0.337 e. The van der Waals surface area contributed by atoms with Gasteiger partial charge in [0.2, 0.25) is 5.91 Å². The first-order valence-corrected chi connectivity index (χ1v) is 5.85. The molecular weight excluding hydrogens is 192 g/mol. The van der Waals surface area contributed by atoms with Crippen molar-refractivity contribution in [1.82, 2.24) is 10.2 Å². The predicted molar refractivity (Wildman–Crippen MR) is 56.3 cm³/mol. The number of nitrogens with one attached hydrogen (secondary N) is 1. The van der Waals surface area contributed by atoms with Crippen LogP contribution in [-0.4, -0.2) is 29.4 Å². The Morgan fingerprint density at radius 1 is 1.40 bits per heavy atom. The van der Waals surface area contributed by atoms with Gasteiger partial charge in [0.05, 0.1) is 5.92 Å². The highest BCUT2D eigenvalue weighted by molar-refractivity contribution is 5.98. The van der Waals surface area contributed by atoms with Crippen LogP contribution >= 0.6 is 0 Å². The molecule has 0 aromatic rings. The van der Waals surface area contributed by atoms with E-state index in [9.17, 15) is 9.59 Å². The van der Waals surface area contributed by atoms with Crippen molar-refractivity contribution >= 4 is 11.9 Å². The van der Waals surface area contributed by atoms with E-state index < -0.39 is 0 Å². The molecule has 4 nitrogen and oxygen atoms in total. The quantitative estimate of drug-likeness (QED) is 0.767. The molecule has 15 heavy (non-hydrogen) atoms. The normalized spacial score (nSPS) is 27.5. The number of hydrogen-bond donors (Lipinski definition) is 1. The van der Waals surface area contributed by atoms with Gasteiger partial charge in [-0.3, -0.25) is 9.69 Å². The van der Waals surface area contributed by atoms with Gasteiger partial charge in [0.25, 0.3) is 0 Å². The van der Waals surface area contributed by atoms with Crippen molar-refractivity contribution < 1.29 is 9.59 Å². The summed E-state index contributed by atoms with van der Waals surface area (Å²) in [6.07, 6.45) is 4.98. The molecule has 3 amide bonds. The lowest BCUT2D eigenvalue weighted by Gasteiger charge is -2.40. The summed E-state index contributed by atoms with van der Waals surface area (Å²) in [6.45, 7) is 2.59. The van der Waals surface area contributed by atoms with Gasteiger partial charge in [-0.2, -0.15) is 0 Å². The van der Waals surface area contributed by atoms with Crippen LogP contribution in [-0.2, 0) is 4.79 Å². The number of rotatable bonds is 3. The highest BCUT2D eigenvalue weighted by atomic mass is 16.2. The topological polar surface area (TPSA) is 49.4 Å². The van der Waals surface area contributed by atoms with Crippen molar-refractivity contribution in [2.45, 2.75) is 45.1 Å². The maximum absolute atomic E-state index is 12.0. The van der Waals surface area contributed by atoms with Crippen molar-refractivity contribution in [3.63, 3.8) is 0 Å². The predicted octanol–water partition coefficient (Wildman–Crippen LogP) is 1.51. The molecule has 1 N–H and O–H groups in total. The van der Waals surface area contributed by atoms with Crippen molar-refractivity contribution in [1.29, 1.82) is 0 Å². The molecule has 1 aliphatic heterocycles. The molecule has 4 heteroatoms. The standard InChI is InChI=1S/C11H18N2O2/c1-2-4-8-7-12-11(15)13(10(8)14)9-5-3-6-9/h8-9H,2-7H2,1H3,(H,12,15). The highest BCUT2D eigenvalue weighted by Gasteiger charge is 2.39. The van der Waals surface area contributed by atoms with E-state index in [0.29, 0.717) is 6.54 Å². The third-order valence-corrected chi connectivity index (χ3v) is 3.38. The Labute approximate surface area is 90.0 Å². The molecule has 1 atom stereocenters. The fourth-order valence-electron chi connectivity index (χ4n) is 2.24. The van der Waals surface area contributed by atoms with Crippen LogP contribution in [0.2, 0.25) is 0 Å². The molecule has 0 aromatic heterocycles. The average Bonchev–Trinajstić information content (AvgIpc) is 2.14. The first kappa shape index (κ1) is 10.5. The Balaban J connectivity index is 2.05. The summed E-state index contributed by atoms with van der Waals surface area (Å²) in [6, 6.07) is -0.00536. The van der Waals surface area contributed by atoms with Gasteiger partial charge >= 0.3 is 6.03 Å². The summed E-state index contributed by atoms with van der Waals surface area (Å²) in [5.74, 6) is 0.0543. The van der Waals surface area contributed by atoms with Crippen LogP contribution < -0.4 is 5.32 Å². The SMILES string of the molecule is CCCC1CNC(=O)N(C2CCC2)C1=O. The number of nitrogens with zero attached hydrogens (tertiary/aromatic N) is 1. The second kappa shape index (κ2) is 4.21. The van der Waals surface area contributed by atoms with Gasteiger partial charge in [0.1, 0.15) is 0 Å². The van der Waals surface area contributed by atoms with Crippen molar-refractivity contribution in [3.8, 4) is 0 Å². The number of urea groups is 1. The van der Waals surface area contributed by atoms with Crippen LogP contribution in [0, 0.1) is 5.92 Å². The summed E-state index contributed by atoms with van der Waals surface area (Å²) in [4.78, 5) is 25.1. The molecule has 1 heterocycles. The average molecular weight is 210 g/mol. The molecule has 1 saturated carbocycles. The lowest BCUT2D eigenvalue weighted by atomic mass is 9.89. The minimum atomic E-state index is -0.183. The molecule has 1 aliphatic carbocycles. The van der Waals surface area contributed by atoms with Gasteiger partial charge in [-0.15, -0.1) is 0 Å². The van der Waals surface area contributed by atoms with E-state index in [1.165, 1.54) is 4.90 Å². The fourth-order valence-corrected chi connectivity index (χ4v) is 2.24. The van der Waals surface area contributed by atoms with Crippen molar-refractivity contribution in [3.05, 3.63) is 0 Å². The zero-order valence-electron chi connectivity index (χ0n) is 9.16. The van der Waals surface area contributed by atoms with Gasteiger partial charge in [0, 0.05) is 12.6 Å². The molecule has 2 fully saturated rings. The van der Waals surface area contributed by atoms with Crippen LogP contribution in [0.15, 0.2) is 0 Å². The second-order valence-corrected chi connectivity index (χ2v) is 4.46. The summed E-state index contributed by atoms with van der Waals surface area (Å²) < 4.78 is 0. The minimum absolute atomic E-state index is 0.00769. The number of amides is 3. The number of carbonyl (C=O) groups excluding carboxylic acids is 2. The van der Waals surface area contributed by atoms with E-state index in [4.69, 9.17) is 0 Å². The first-order valence-electron chi connectivity index (χ1n) is 5.85. The van der Waals surface area contributed by atoms with E-state index in [1.54, 1.807) is 0 Å². The molecule has 2 aliphatic rings. The van der Waals surface area contributed by atoms with Gasteiger partial charge in [-0.25, -0.2) is 4.79 Å². The smallest absolute Gasteiger partial charge is 0.324 e. The summed E-state index contributed by atoms with van der Waals surface area (Å²) >= 11 is 0. The van der Waals surface area contributed by atoms with Crippen LogP contribution in [0.5, 0.6) is 0 Å². The molecule has 0 aromatic carbocycles. The summed E-state index contributed by atoms with van der Waals surface area (Å²) in [7, 11) is 0. The largest absolute Gasteiger partial charge is 0.337 e. The highest BCUT2D eigenvalue weighted by Crippen LogP contribution is 2.28. The Bertz CT molecular complexity index is 274. The molecule has 0 spiro atoms. The molecular formula is C11H18N2O2. The maximum Gasteiger partial charge on any atom is 0.324 e. The van der Waals surface area contributed by atoms with Gasteiger partial charge in [-0.05, 0) is 25.7 Å². The van der Waals surface area contributed by atoms with E-state index in [0.717, 1.165) is 32.1 Å². The maximum atomic E-state index is 12.0. The van der Waals surface area contributed by atoms with Crippen LogP contribution in [0.3, 0.4) is 0 Å². The third-order valence-electron chi connectivity index (χ3n) is 3.38. The second-order valence-electron chi connectivity index (χ2n) is 4.46. The molecule has 0 bridgehead atoms. The summed E-state index contributed by atoms with van der Waals surface area (Å²) in [5.41, 5.74) is 0. The number of carbonyl (C=O) groups is 2. The van der Waals surface area contributed by atoms with E-state index in [1.807, 2.05) is 0 Å². The van der Waals surface area contributed by atoms with Crippen LogP contribution in [0.1, 0.15) is 39.0 Å². The monoisotopic (exact) mass is 210 g/mol. The molecule has 1 saturated heterocycles. The third kappa shape index (κ3) is 1.85. The lowest BCUT2D eigenvalue weighted by molar-refractivity contribution is -0.137. The molecule has 1 unspecified atom stereocenters. The van der Waals surface area contributed by atoms with Crippen LogP contribution in [0.4, 0.5) is 4.79 Å². The zero-order chi connectivity index (χ0) is 10.8. The molecule has 0 radical (unpaired) electrons. The van der Waals surface area contributed by atoms with E-state index in [2.05, 4.69) is 12.2 Å². The number of hydrogen-bond acceptors (Lipinski definition) is 2. The lowest BCUT2D eigenvalue weighted by Crippen LogP contribution is -2.59. The van der Waals surface area contributed by atoms with E-state index in [-0.39, 0.29) is 23.9 Å². The Morgan fingerprint density at radius 3 is 2.67 bits per heavy atom. The van der Waals surface area contributed by atoms with E-state index >= 15 is 0 Å². The molecule has 2 rings (SSSR count). The molecule has 84 valence electrons. The summed E-state index contributed by atoms with van der Waals surface area (Å²) in [5, 5.41) is 2.81. The Morgan fingerprint density at radius 2 is 2.13 bits per heavy atom. The number of imide groups is 1. The fraction of sp³-hybridized carbons (Fsp3) is 0.818.